The number of carbonyl (C=O) groups excluding carboxylic acids is 2. The van der Waals surface area contributed by atoms with Gasteiger partial charge in [-0.1, -0.05) is 13.3 Å². The van der Waals surface area contributed by atoms with Gasteiger partial charge in [-0.25, -0.2) is 0 Å². The molecule has 6 nitrogen and oxygen atoms in total. The van der Waals surface area contributed by atoms with Gasteiger partial charge in [-0.2, -0.15) is 0 Å². The second kappa shape index (κ2) is 9.73. The van der Waals surface area contributed by atoms with Crippen molar-refractivity contribution in [2.45, 2.75) is 39.0 Å². The van der Waals surface area contributed by atoms with E-state index in [9.17, 15) is 9.59 Å². The van der Waals surface area contributed by atoms with Gasteiger partial charge < -0.3 is 20.7 Å². The van der Waals surface area contributed by atoms with Crippen LogP contribution in [0.3, 0.4) is 0 Å². The molecule has 122 valence electrons. The first-order chi connectivity index (χ1) is 10.1. The maximum Gasteiger partial charge on any atom is 0.227 e. The molecule has 1 fully saturated rings. The molecule has 1 aliphatic heterocycles. The Hall–Kier alpha value is -1.14. The molecule has 0 saturated carbocycles. The molecule has 1 saturated heterocycles. The Kier molecular flexibility index (Phi) is 8.30. The Bertz CT molecular complexity index is 323. The van der Waals surface area contributed by atoms with E-state index in [4.69, 9.17) is 4.74 Å². The van der Waals surface area contributed by atoms with Crippen LogP contribution in [-0.4, -0.2) is 51.7 Å². The van der Waals surface area contributed by atoms with Crippen LogP contribution < -0.4 is 16.0 Å². The fourth-order valence-electron chi connectivity index (χ4n) is 2.83. The van der Waals surface area contributed by atoms with Gasteiger partial charge in [0.25, 0.3) is 0 Å². The standard InChI is InChI=1S/C15H29N3O3/c1-3-6-15(7-4-8-16-12-15)14(20)18-9-5-13(19)17-10-11-21-2/h16H,3-12H2,1-2H3,(H,17,19)(H,18,20). The third kappa shape index (κ3) is 6.01. The molecule has 0 bridgehead atoms. The summed E-state index contributed by atoms with van der Waals surface area (Å²) in [5, 5.41) is 8.99. The summed E-state index contributed by atoms with van der Waals surface area (Å²) < 4.78 is 4.86. The zero-order valence-corrected chi connectivity index (χ0v) is 13.3. The van der Waals surface area contributed by atoms with Crippen molar-refractivity contribution in [3.63, 3.8) is 0 Å². The maximum absolute atomic E-state index is 12.4. The number of carbonyl (C=O) groups is 2. The Morgan fingerprint density at radius 3 is 2.71 bits per heavy atom. The molecule has 1 unspecified atom stereocenters. The van der Waals surface area contributed by atoms with Crippen LogP contribution in [0.1, 0.15) is 39.0 Å². The summed E-state index contributed by atoms with van der Waals surface area (Å²) in [6.07, 6.45) is 4.16. The molecule has 1 atom stereocenters. The van der Waals surface area contributed by atoms with Crippen LogP contribution in [0.15, 0.2) is 0 Å². The highest BCUT2D eigenvalue weighted by Gasteiger charge is 2.38. The molecule has 0 radical (unpaired) electrons. The van der Waals surface area contributed by atoms with Crippen molar-refractivity contribution < 1.29 is 14.3 Å². The monoisotopic (exact) mass is 299 g/mol. The van der Waals surface area contributed by atoms with E-state index in [1.54, 1.807) is 7.11 Å². The van der Waals surface area contributed by atoms with Crippen molar-refractivity contribution in [1.82, 2.24) is 16.0 Å². The number of methoxy groups -OCH3 is 1. The molecule has 0 aromatic carbocycles. The average Bonchev–Trinajstić information content (AvgIpc) is 2.48. The molecule has 0 aromatic heterocycles. The van der Waals surface area contributed by atoms with E-state index in [0.717, 1.165) is 38.8 Å². The molecule has 1 rings (SSSR count). The Morgan fingerprint density at radius 1 is 1.29 bits per heavy atom. The third-order valence-corrected chi connectivity index (χ3v) is 3.95. The molecule has 2 amide bonds. The molecule has 0 aromatic rings. The van der Waals surface area contributed by atoms with E-state index in [1.807, 2.05) is 0 Å². The lowest BCUT2D eigenvalue weighted by Gasteiger charge is -2.36. The van der Waals surface area contributed by atoms with Crippen LogP contribution in [0.2, 0.25) is 0 Å². The summed E-state index contributed by atoms with van der Waals surface area (Å²) >= 11 is 0. The lowest BCUT2D eigenvalue weighted by Crippen LogP contribution is -2.51. The number of nitrogens with one attached hydrogen (secondary N) is 3. The molecule has 0 spiro atoms. The Balaban J connectivity index is 2.32. The SMILES string of the molecule is CCCC1(C(=O)NCCC(=O)NCCOC)CCCNC1. The number of rotatable bonds is 9. The van der Waals surface area contributed by atoms with E-state index < -0.39 is 0 Å². The van der Waals surface area contributed by atoms with E-state index in [-0.39, 0.29) is 17.2 Å². The second-order valence-electron chi connectivity index (χ2n) is 5.66. The van der Waals surface area contributed by atoms with E-state index in [2.05, 4.69) is 22.9 Å². The number of hydrogen-bond acceptors (Lipinski definition) is 4. The highest BCUT2D eigenvalue weighted by atomic mass is 16.5. The topological polar surface area (TPSA) is 79.5 Å². The molecular formula is C15H29N3O3. The number of amides is 2. The van der Waals surface area contributed by atoms with Crippen LogP contribution in [0, 0.1) is 5.41 Å². The Morgan fingerprint density at radius 2 is 2.10 bits per heavy atom. The molecule has 21 heavy (non-hydrogen) atoms. The number of ether oxygens (including phenoxy) is 1. The zero-order valence-electron chi connectivity index (χ0n) is 13.3. The van der Waals surface area contributed by atoms with Crippen LogP contribution in [0.4, 0.5) is 0 Å². The van der Waals surface area contributed by atoms with Crippen molar-refractivity contribution >= 4 is 11.8 Å². The van der Waals surface area contributed by atoms with Gasteiger partial charge in [0.2, 0.25) is 11.8 Å². The largest absolute Gasteiger partial charge is 0.383 e. The fraction of sp³-hybridized carbons (Fsp3) is 0.867. The van der Waals surface area contributed by atoms with Gasteiger partial charge in [0.05, 0.1) is 12.0 Å². The summed E-state index contributed by atoms with van der Waals surface area (Å²) in [7, 11) is 1.60. The second-order valence-corrected chi connectivity index (χ2v) is 5.66. The van der Waals surface area contributed by atoms with Gasteiger partial charge >= 0.3 is 0 Å². The molecule has 6 heteroatoms. The molecular weight excluding hydrogens is 270 g/mol. The van der Waals surface area contributed by atoms with Crippen molar-refractivity contribution in [2.75, 3.05) is 39.9 Å². The molecule has 1 heterocycles. The van der Waals surface area contributed by atoms with Crippen molar-refractivity contribution in [3.8, 4) is 0 Å². The first-order valence-corrected chi connectivity index (χ1v) is 7.89. The van der Waals surface area contributed by atoms with Crippen molar-refractivity contribution in [1.29, 1.82) is 0 Å². The van der Waals surface area contributed by atoms with E-state index in [0.29, 0.717) is 26.1 Å². The molecule has 3 N–H and O–H groups in total. The van der Waals surface area contributed by atoms with Crippen LogP contribution >= 0.6 is 0 Å². The first kappa shape index (κ1) is 17.9. The maximum atomic E-state index is 12.4. The van der Waals surface area contributed by atoms with Crippen molar-refractivity contribution in [2.24, 2.45) is 5.41 Å². The number of hydrogen-bond donors (Lipinski definition) is 3. The van der Waals surface area contributed by atoms with Gasteiger partial charge in [0, 0.05) is 33.2 Å². The predicted molar refractivity (Wildman–Crippen MR) is 82.0 cm³/mol. The minimum atomic E-state index is -0.292. The van der Waals surface area contributed by atoms with Crippen LogP contribution in [0.25, 0.3) is 0 Å². The third-order valence-electron chi connectivity index (χ3n) is 3.95. The minimum Gasteiger partial charge on any atom is -0.383 e. The normalized spacial score (nSPS) is 21.8. The summed E-state index contributed by atoms with van der Waals surface area (Å²) in [6, 6.07) is 0. The van der Waals surface area contributed by atoms with E-state index >= 15 is 0 Å². The Labute approximate surface area is 127 Å². The van der Waals surface area contributed by atoms with Gasteiger partial charge in [-0.3, -0.25) is 9.59 Å². The smallest absolute Gasteiger partial charge is 0.227 e. The number of piperidine rings is 1. The minimum absolute atomic E-state index is 0.0568. The quantitative estimate of drug-likeness (QED) is 0.539. The van der Waals surface area contributed by atoms with E-state index in [1.165, 1.54) is 0 Å². The zero-order chi connectivity index (χ0) is 15.6. The lowest BCUT2D eigenvalue weighted by atomic mass is 9.76. The van der Waals surface area contributed by atoms with Gasteiger partial charge in [0.15, 0.2) is 0 Å². The molecule has 1 aliphatic rings. The van der Waals surface area contributed by atoms with Gasteiger partial charge in [0.1, 0.15) is 0 Å². The lowest BCUT2D eigenvalue weighted by molar-refractivity contribution is -0.132. The fourth-order valence-corrected chi connectivity index (χ4v) is 2.83. The molecule has 0 aliphatic carbocycles. The summed E-state index contributed by atoms with van der Waals surface area (Å²) in [5.41, 5.74) is -0.292. The van der Waals surface area contributed by atoms with Crippen LogP contribution in [-0.2, 0) is 14.3 Å². The summed E-state index contributed by atoms with van der Waals surface area (Å²) in [5.74, 6) is 0.0277. The predicted octanol–water partition coefficient (Wildman–Crippen LogP) is 0.425. The summed E-state index contributed by atoms with van der Waals surface area (Å²) in [6.45, 7) is 5.24. The van der Waals surface area contributed by atoms with Crippen LogP contribution in [0.5, 0.6) is 0 Å². The van der Waals surface area contributed by atoms with Gasteiger partial charge in [-0.05, 0) is 25.8 Å². The first-order valence-electron chi connectivity index (χ1n) is 7.89. The van der Waals surface area contributed by atoms with Crippen molar-refractivity contribution in [3.05, 3.63) is 0 Å². The highest BCUT2D eigenvalue weighted by Crippen LogP contribution is 2.31. The average molecular weight is 299 g/mol. The van der Waals surface area contributed by atoms with Gasteiger partial charge in [-0.15, -0.1) is 0 Å². The summed E-state index contributed by atoms with van der Waals surface area (Å²) in [4.78, 5) is 24.0. The highest BCUT2D eigenvalue weighted by molar-refractivity contribution is 5.84.